The lowest BCUT2D eigenvalue weighted by atomic mass is 9.86. The third-order valence-electron chi connectivity index (χ3n) is 8.54. The number of carbonyl (C=O) groups excluding carboxylic acids is 5. The number of hydrogen-bond acceptors (Lipinski definition) is 7. The Hall–Kier alpha value is -4.72. The summed E-state index contributed by atoms with van der Waals surface area (Å²) in [5, 5.41) is 17.5. The van der Waals surface area contributed by atoms with Gasteiger partial charge in [0.2, 0.25) is 17.6 Å². The number of nitrogens with zero attached hydrogens (tertiary/aromatic N) is 2. The number of fused-ring (bicyclic) bond motifs is 1. The highest BCUT2D eigenvalue weighted by atomic mass is 16.5. The first-order valence-electron chi connectivity index (χ1n) is 15.0. The molecule has 2 aliphatic heterocycles. The van der Waals surface area contributed by atoms with Gasteiger partial charge in [0.25, 0.3) is 11.8 Å². The second-order valence-electron chi connectivity index (χ2n) is 12.2. The zero-order chi connectivity index (χ0) is 31.4. The van der Waals surface area contributed by atoms with Gasteiger partial charge >= 0.3 is 0 Å². The quantitative estimate of drug-likeness (QED) is 0.332. The molecular weight excluding hydrogens is 562 g/mol. The molecule has 11 nitrogen and oxygen atoms in total. The van der Waals surface area contributed by atoms with Crippen molar-refractivity contribution < 1.29 is 28.7 Å². The Labute approximate surface area is 256 Å². The van der Waals surface area contributed by atoms with Gasteiger partial charge in [-0.05, 0) is 68.4 Å². The first-order valence-corrected chi connectivity index (χ1v) is 15.0. The molecule has 230 valence electrons. The van der Waals surface area contributed by atoms with Crippen molar-refractivity contribution in [1.82, 2.24) is 20.9 Å². The van der Waals surface area contributed by atoms with Crippen LogP contribution in [0.2, 0.25) is 0 Å². The highest BCUT2D eigenvalue weighted by Crippen LogP contribution is 2.27. The SMILES string of the molecule is CC(C)(C#N)c1ccc(OCC(=O)N2Cc3ccccc3C[C@H]2C(=O)N[C@@H](C[C@@H]2CCNC2=O)C(=O)C(=O)NC2CC2)cc1. The van der Waals surface area contributed by atoms with Crippen LogP contribution in [0.4, 0.5) is 0 Å². The average Bonchev–Trinajstić information content (AvgIpc) is 3.76. The lowest BCUT2D eigenvalue weighted by Gasteiger charge is -2.36. The number of rotatable bonds is 11. The zero-order valence-electron chi connectivity index (χ0n) is 24.9. The number of carbonyl (C=O) groups is 5. The van der Waals surface area contributed by atoms with Crippen molar-refractivity contribution in [2.24, 2.45) is 5.92 Å². The molecule has 2 fully saturated rings. The molecule has 1 aliphatic carbocycles. The molecule has 0 spiro atoms. The summed E-state index contributed by atoms with van der Waals surface area (Å²) in [6.07, 6.45) is 2.29. The molecule has 2 aromatic rings. The Morgan fingerprint density at radius 2 is 1.77 bits per heavy atom. The summed E-state index contributed by atoms with van der Waals surface area (Å²) < 4.78 is 5.78. The Morgan fingerprint density at radius 3 is 2.41 bits per heavy atom. The second-order valence-corrected chi connectivity index (χ2v) is 12.2. The minimum absolute atomic E-state index is 0.00649. The van der Waals surface area contributed by atoms with Crippen molar-refractivity contribution in [3.63, 3.8) is 0 Å². The summed E-state index contributed by atoms with van der Waals surface area (Å²) in [5.41, 5.74) is 1.94. The van der Waals surface area contributed by atoms with Gasteiger partial charge in [0.1, 0.15) is 11.8 Å². The average molecular weight is 600 g/mol. The minimum atomic E-state index is -1.21. The van der Waals surface area contributed by atoms with E-state index in [1.165, 1.54) is 4.90 Å². The summed E-state index contributed by atoms with van der Waals surface area (Å²) in [5.74, 6) is -2.87. The van der Waals surface area contributed by atoms with E-state index in [0.29, 0.717) is 18.7 Å². The molecule has 4 amide bonds. The largest absolute Gasteiger partial charge is 0.484 e. The van der Waals surface area contributed by atoms with Gasteiger partial charge in [0, 0.05) is 31.5 Å². The van der Waals surface area contributed by atoms with Crippen LogP contribution in [0.1, 0.15) is 56.2 Å². The van der Waals surface area contributed by atoms with Crippen molar-refractivity contribution in [1.29, 1.82) is 5.26 Å². The van der Waals surface area contributed by atoms with Gasteiger partial charge in [-0.15, -0.1) is 0 Å². The molecular formula is C33H37N5O6. The lowest BCUT2D eigenvalue weighted by molar-refractivity contribution is -0.145. The number of ether oxygens (including phenoxy) is 1. The molecule has 3 aliphatic rings. The van der Waals surface area contributed by atoms with Crippen LogP contribution in [-0.2, 0) is 42.4 Å². The van der Waals surface area contributed by atoms with Crippen LogP contribution in [0.5, 0.6) is 5.75 Å². The Balaban J connectivity index is 1.32. The van der Waals surface area contributed by atoms with E-state index in [0.717, 1.165) is 29.5 Å². The molecule has 0 aromatic heterocycles. The van der Waals surface area contributed by atoms with Crippen molar-refractivity contribution >= 4 is 29.4 Å². The number of Topliss-reactive ketones (excluding diaryl/α,β-unsaturated/α-hetero) is 1. The van der Waals surface area contributed by atoms with E-state index in [4.69, 9.17) is 4.74 Å². The van der Waals surface area contributed by atoms with Gasteiger partial charge in [0.05, 0.1) is 17.5 Å². The van der Waals surface area contributed by atoms with Crippen LogP contribution in [0.3, 0.4) is 0 Å². The highest BCUT2D eigenvalue weighted by Gasteiger charge is 2.40. The molecule has 11 heteroatoms. The molecule has 1 saturated heterocycles. The van der Waals surface area contributed by atoms with E-state index >= 15 is 0 Å². The fourth-order valence-electron chi connectivity index (χ4n) is 5.58. The summed E-state index contributed by atoms with van der Waals surface area (Å²) >= 11 is 0. The number of amides is 4. The standard InChI is InChI=1S/C33H37N5O6/c1-33(2,19-34)23-7-11-25(12-8-23)44-18-28(39)38-17-22-6-4-3-5-20(22)16-27(38)31(42)37-26(15-21-13-14-35-30(21)41)29(40)32(43)36-24-9-10-24/h3-8,11-12,21,24,26-27H,9-10,13-18H2,1-2H3,(H,35,41)(H,36,43)(H,37,42)/t21-,26-,27-/m0/s1. The molecule has 5 rings (SSSR count). The summed E-state index contributed by atoms with van der Waals surface area (Å²) in [6, 6.07) is 14.5. The predicted molar refractivity (Wildman–Crippen MR) is 159 cm³/mol. The van der Waals surface area contributed by atoms with Crippen molar-refractivity contribution in [2.45, 2.75) is 76.0 Å². The van der Waals surface area contributed by atoms with Crippen LogP contribution in [0.25, 0.3) is 0 Å². The molecule has 44 heavy (non-hydrogen) atoms. The molecule has 2 heterocycles. The van der Waals surface area contributed by atoms with E-state index in [9.17, 15) is 29.2 Å². The van der Waals surface area contributed by atoms with Crippen LogP contribution >= 0.6 is 0 Å². The molecule has 3 N–H and O–H groups in total. The Kier molecular flexibility index (Phi) is 8.99. The zero-order valence-corrected chi connectivity index (χ0v) is 24.9. The molecule has 0 unspecified atom stereocenters. The number of nitriles is 1. The van der Waals surface area contributed by atoms with Crippen LogP contribution in [0.15, 0.2) is 48.5 Å². The maximum atomic E-state index is 13.8. The van der Waals surface area contributed by atoms with Crippen molar-refractivity contribution in [3.05, 3.63) is 65.2 Å². The van der Waals surface area contributed by atoms with Crippen LogP contribution in [0, 0.1) is 17.2 Å². The van der Waals surface area contributed by atoms with Crippen LogP contribution in [-0.4, -0.2) is 65.6 Å². The Bertz CT molecular complexity index is 1490. The number of hydrogen-bond donors (Lipinski definition) is 3. The van der Waals surface area contributed by atoms with Crippen molar-refractivity contribution in [3.8, 4) is 11.8 Å². The number of nitrogens with one attached hydrogen (secondary N) is 3. The predicted octanol–water partition coefficient (Wildman–Crippen LogP) is 1.68. The summed E-state index contributed by atoms with van der Waals surface area (Å²) in [7, 11) is 0. The first kappa shape index (κ1) is 30.7. The summed E-state index contributed by atoms with van der Waals surface area (Å²) in [6.45, 7) is 3.92. The number of benzene rings is 2. The van der Waals surface area contributed by atoms with E-state index in [2.05, 4.69) is 22.0 Å². The molecule has 0 radical (unpaired) electrons. The van der Waals surface area contributed by atoms with Gasteiger partial charge in [-0.2, -0.15) is 5.26 Å². The smallest absolute Gasteiger partial charge is 0.289 e. The van der Waals surface area contributed by atoms with Crippen LogP contribution < -0.4 is 20.7 Å². The van der Waals surface area contributed by atoms with E-state index in [1.54, 1.807) is 24.3 Å². The molecule has 0 bridgehead atoms. The topological polar surface area (TPSA) is 158 Å². The van der Waals surface area contributed by atoms with E-state index in [-0.39, 0.29) is 37.9 Å². The van der Waals surface area contributed by atoms with Gasteiger partial charge in [0.15, 0.2) is 6.61 Å². The normalized spacial score (nSPS) is 20.0. The third-order valence-corrected chi connectivity index (χ3v) is 8.54. The first-order chi connectivity index (χ1) is 21.1. The molecule has 1 saturated carbocycles. The van der Waals surface area contributed by atoms with E-state index in [1.807, 2.05) is 38.1 Å². The second kappa shape index (κ2) is 12.9. The number of ketones is 1. The minimum Gasteiger partial charge on any atom is -0.484 e. The van der Waals surface area contributed by atoms with E-state index < -0.39 is 46.9 Å². The maximum absolute atomic E-state index is 13.8. The van der Waals surface area contributed by atoms with Gasteiger partial charge < -0.3 is 25.6 Å². The van der Waals surface area contributed by atoms with Crippen molar-refractivity contribution in [2.75, 3.05) is 13.2 Å². The molecule has 3 atom stereocenters. The third kappa shape index (κ3) is 7.08. The van der Waals surface area contributed by atoms with Gasteiger partial charge in [-0.25, -0.2) is 0 Å². The fourth-order valence-corrected chi connectivity index (χ4v) is 5.58. The lowest BCUT2D eigenvalue weighted by Crippen LogP contribution is -2.57. The fraction of sp³-hybridized carbons (Fsp3) is 0.455. The Morgan fingerprint density at radius 1 is 1.07 bits per heavy atom. The maximum Gasteiger partial charge on any atom is 0.289 e. The molecule has 2 aromatic carbocycles. The van der Waals surface area contributed by atoms with Gasteiger partial charge in [-0.1, -0.05) is 36.4 Å². The van der Waals surface area contributed by atoms with Gasteiger partial charge in [-0.3, -0.25) is 24.0 Å². The monoisotopic (exact) mass is 599 g/mol. The summed E-state index contributed by atoms with van der Waals surface area (Å²) in [4.78, 5) is 67.0. The highest BCUT2D eigenvalue weighted by molar-refractivity contribution is 6.38.